The molecule has 1 amide bonds. The van der Waals surface area contributed by atoms with Crippen LogP contribution in [0.5, 0.6) is 0 Å². The van der Waals surface area contributed by atoms with Gasteiger partial charge in [0.05, 0.1) is 18.7 Å². The van der Waals surface area contributed by atoms with Gasteiger partial charge in [-0.25, -0.2) is 0 Å². The van der Waals surface area contributed by atoms with Crippen molar-refractivity contribution in [1.82, 2.24) is 14.9 Å². The molecule has 1 N–H and O–H groups in total. The lowest BCUT2D eigenvalue weighted by Crippen LogP contribution is -2.36. The maximum atomic E-state index is 13.5. The van der Waals surface area contributed by atoms with E-state index in [0.717, 1.165) is 28.8 Å². The molecule has 3 heterocycles. The number of rotatable bonds is 6. The molecule has 0 spiro atoms. The second-order valence-electron chi connectivity index (χ2n) is 9.12. The smallest absolute Gasteiger partial charge is 0.254 e. The minimum atomic E-state index is 0.0482. The van der Waals surface area contributed by atoms with Gasteiger partial charge in [0, 0.05) is 60.8 Å². The number of hydrogen-bond donors (Lipinski definition) is 1. The highest BCUT2D eigenvalue weighted by molar-refractivity contribution is 5.95. The number of nitrogens with one attached hydrogen (secondary N) is 1. The SMILES string of the molecule is Cc1ccc(C(=O)N2CCOC[C@@H](Cc3cccc4ncccc34)C2)cc1NCc1ccncc1. The molecule has 6 heteroatoms. The van der Waals surface area contributed by atoms with Crippen LogP contribution < -0.4 is 5.32 Å². The fourth-order valence-electron chi connectivity index (χ4n) is 4.67. The lowest BCUT2D eigenvalue weighted by atomic mass is 9.96. The summed E-state index contributed by atoms with van der Waals surface area (Å²) < 4.78 is 5.91. The predicted molar refractivity (Wildman–Crippen MR) is 138 cm³/mol. The minimum absolute atomic E-state index is 0.0482. The van der Waals surface area contributed by atoms with E-state index in [0.29, 0.717) is 38.4 Å². The molecule has 0 saturated carbocycles. The Morgan fingerprint density at radius 3 is 2.86 bits per heavy atom. The zero-order chi connectivity index (χ0) is 24.0. The van der Waals surface area contributed by atoms with E-state index in [4.69, 9.17) is 4.74 Å². The van der Waals surface area contributed by atoms with Gasteiger partial charge >= 0.3 is 0 Å². The van der Waals surface area contributed by atoms with E-state index in [9.17, 15) is 4.79 Å². The third-order valence-electron chi connectivity index (χ3n) is 6.59. The van der Waals surface area contributed by atoms with Gasteiger partial charge < -0.3 is 15.0 Å². The van der Waals surface area contributed by atoms with Crippen LogP contribution in [-0.4, -0.2) is 47.1 Å². The van der Waals surface area contributed by atoms with Crippen LogP contribution >= 0.6 is 0 Å². The van der Waals surface area contributed by atoms with Crippen molar-refractivity contribution in [2.45, 2.75) is 19.9 Å². The molecule has 5 rings (SSSR count). The van der Waals surface area contributed by atoms with E-state index in [1.54, 1.807) is 12.4 Å². The third-order valence-corrected chi connectivity index (χ3v) is 6.59. The Morgan fingerprint density at radius 2 is 1.97 bits per heavy atom. The van der Waals surface area contributed by atoms with E-state index in [-0.39, 0.29) is 11.8 Å². The van der Waals surface area contributed by atoms with Crippen molar-refractivity contribution in [1.29, 1.82) is 0 Å². The van der Waals surface area contributed by atoms with Crippen LogP contribution in [0.3, 0.4) is 0 Å². The minimum Gasteiger partial charge on any atom is -0.381 e. The largest absolute Gasteiger partial charge is 0.381 e. The molecule has 0 radical (unpaired) electrons. The maximum absolute atomic E-state index is 13.5. The first-order valence-electron chi connectivity index (χ1n) is 12.1. The number of pyridine rings is 2. The summed E-state index contributed by atoms with van der Waals surface area (Å²) in [4.78, 5) is 24.0. The number of carbonyl (C=O) groups excluding carboxylic acids is 1. The van der Waals surface area contributed by atoms with Gasteiger partial charge in [-0.05, 0) is 66.4 Å². The molecule has 1 saturated heterocycles. The normalized spacial score (nSPS) is 16.1. The molecule has 0 aliphatic carbocycles. The number of benzene rings is 2. The Hall–Kier alpha value is -3.77. The molecular formula is C29H30N4O2. The molecule has 2 aromatic heterocycles. The molecule has 1 aliphatic heterocycles. The number of aryl methyl sites for hydroxylation is 1. The number of amides is 1. The van der Waals surface area contributed by atoms with Gasteiger partial charge in [-0.2, -0.15) is 0 Å². The molecule has 1 atom stereocenters. The van der Waals surface area contributed by atoms with Crippen LogP contribution in [-0.2, 0) is 17.7 Å². The van der Waals surface area contributed by atoms with Crippen LogP contribution in [0.4, 0.5) is 5.69 Å². The van der Waals surface area contributed by atoms with Gasteiger partial charge in [0.15, 0.2) is 0 Å². The van der Waals surface area contributed by atoms with Crippen molar-refractivity contribution >= 4 is 22.5 Å². The van der Waals surface area contributed by atoms with Gasteiger partial charge in [0.2, 0.25) is 0 Å². The van der Waals surface area contributed by atoms with Gasteiger partial charge in [-0.15, -0.1) is 0 Å². The lowest BCUT2D eigenvalue weighted by molar-refractivity contribution is 0.0737. The van der Waals surface area contributed by atoms with Gasteiger partial charge in [-0.3, -0.25) is 14.8 Å². The van der Waals surface area contributed by atoms with Crippen molar-refractivity contribution in [3.63, 3.8) is 0 Å². The Morgan fingerprint density at radius 1 is 1.09 bits per heavy atom. The van der Waals surface area contributed by atoms with Crippen molar-refractivity contribution in [2.75, 3.05) is 31.6 Å². The summed E-state index contributed by atoms with van der Waals surface area (Å²) in [5, 5.41) is 4.64. The first-order valence-corrected chi connectivity index (χ1v) is 12.1. The predicted octanol–water partition coefficient (Wildman–Crippen LogP) is 4.88. The first kappa shape index (κ1) is 23.0. The lowest BCUT2D eigenvalue weighted by Gasteiger charge is -2.24. The number of fused-ring (bicyclic) bond motifs is 1. The summed E-state index contributed by atoms with van der Waals surface area (Å²) in [6, 6.07) is 20.2. The van der Waals surface area contributed by atoms with E-state index in [1.807, 2.05) is 53.6 Å². The Bertz CT molecular complexity index is 1300. The first-order chi connectivity index (χ1) is 17.2. The summed E-state index contributed by atoms with van der Waals surface area (Å²) in [6.45, 7) is 5.20. The molecule has 1 aliphatic rings. The summed E-state index contributed by atoms with van der Waals surface area (Å²) in [5.74, 6) is 0.272. The highest BCUT2D eigenvalue weighted by Gasteiger charge is 2.24. The van der Waals surface area contributed by atoms with Crippen LogP contribution in [0.2, 0.25) is 0 Å². The number of hydrogen-bond acceptors (Lipinski definition) is 5. The number of carbonyl (C=O) groups is 1. The number of ether oxygens (including phenoxy) is 1. The summed E-state index contributed by atoms with van der Waals surface area (Å²) in [6.07, 6.45) is 6.25. The molecule has 0 unspecified atom stereocenters. The van der Waals surface area contributed by atoms with Crippen LogP contribution in [0.1, 0.15) is 27.0 Å². The van der Waals surface area contributed by atoms with Crippen molar-refractivity contribution < 1.29 is 9.53 Å². The molecule has 1 fully saturated rings. The molecule has 4 aromatic rings. The molecule has 178 valence electrons. The highest BCUT2D eigenvalue weighted by Crippen LogP contribution is 2.23. The summed E-state index contributed by atoms with van der Waals surface area (Å²) >= 11 is 0. The maximum Gasteiger partial charge on any atom is 0.254 e. The van der Waals surface area contributed by atoms with Crippen LogP contribution in [0.25, 0.3) is 10.9 Å². The quantitative estimate of drug-likeness (QED) is 0.439. The Kier molecular flexibility index (Phi) is 7.00. The van der Waals surface area contributed by atoms with Gasteiger partial charge in [0.25, 0.3) is 5.91 Å². The standard InChI is InChI=1S/C29H30N4O2/c1-21-7-8-25(17-28(21)32-18-22-9-12-30-13-10-22)29(34)33-14-15-35-20-23(19-33)16-24-4-2-6-27-26(24)5-3-11-31-27/h2-13,17,23,32H,14-16,18-20H2,1H3/t23-/m0/s1. The molecule has 2 aromatic carbocycles. The van der Waals surface area contributed by atoms with Crippen LogP contribution in [0, 0.1) is 12.8 Å². The number of anilines is 1. The fourth-order valence-corrected chi connectivity index (χ4v) is 4.67. The summed E-state index contributed by atoms with van der Waals surface area (Å²) in [7, 11) is 0. The summed E-state index contributed by atoms with van der Waals surface area (Å²) in [5.41, 5.74) is 6.17. The molecular weight excluding hydrogens is 436 g/mol. The average Bonchev–Trinajstić information content (AvgIpc) is 3.14. The molecule has 6 nitrogen and oxygen atoms in total. The van der Waals surface area contributed by atoms with Gasteiger partial charge in [-0.1, -0.05) is 24.3 Å². The highest BCUT2D eigenvalue weighted by atomic mass is 16.5. The third kappa shape index (κ3) is 5.49. The van der Waals surface area contributed by atoms with Gasteiger partial charge in [0.1, 0.15) is 0 Å². The fraction of sp³-hybridized carbons (Fsp3) is 0.276. The Labute approximate surface area is 206 Å². The van der Waals surface area contributed by atoms with E-state index < -0.39 is 0 Å². The zero-order valence-corrected chi connectivity index (χ0v) is 20.0. The molecule has 0 bridgehead atoms. The second kappa shape index (κ2) is 10.7. The Balaban J connectivity index is 1.30. The van der Waals surface area contributed by atoms with Crippen molar-refractivity contribution in [3.05, 3.63) is 102 Å². The van der Waals surface area contributed by atoms with Crippen molar-refractivity contribution in [2.24, 2.45) is 5.92 Å². The van der Waals surface area contributed by atoms with E-state index >= 15 is 0 Å². The van der Waals surface area contributed by atoms with Crippen molar-refractivity contribution in [3.8, 4) is 0 Å². The monoisotopic (exact) mass is 466 g/mol. The number of aromatic nitrogens is 2. The molecule has 35 heavy (non-hydrogen) atoms. The topological polar surface area (TPSA) is 67.4 Å². The van der Waals surface area contributed by atoms with E-state index in [2.05, 4.69) is 40.4 Å². The van der Waals surface area contributed by atoms with Crippen LogP contribution in [0.15, 0.2) is 79.3 Å². The number of nitrogens with zero attached hydrogens (tertiary/aromatic N) is 3. The van der Waals surface area contributed by atoms with E-state index in [1.165, 1.54) is 10.9 Å². The average molecular weight is 467 g/mol. The zero-order valence-electron chi connectivity index (χ0n) is 20.0. The second-order valence-corrected chi connectivity index (χ2v) is 9.12.